The summed E-state index contributed by atoms with van der Waals surface area (Å²) in [5, 5.41) is 0. The third-order valence-electron chi connectivity index (χ3n) is 0. The molecule has 3 nitrogen and oxygen atoms in total. The van der Waals surface area contributed by atoms with Crippen LogP contribution in [0.1, 0.15) is 0 Å². The Hall–Kier alpha value is 1.28. The first kappa shape index (κ1) is 107. The zero-order valence-electron chi connectivity index (χ0n) is 2.13. The van der Waals surface area contributed by atoms with Gasteiger partial charge in [-0.05, 0) is 0 Å². The largest absolute Gasteiger partial charge is 6.00 e. The van der Waals surface area contributed by atoms with Crippen LogP contribution in [0, 0.1) is 0 Å². The van der Waals surface area contributed by atoms with E-state index in [-0.39, 0.29) is 59.2 Å². The van der Waals surface area contributed by atoms with Gasteiger partial charge in [-0.2, -0.15) is 0 Å². The molecule has 0 amide bonds. The minimum absolute atomic E-state index is 0. The first-order chi connectivity index (χ1) is 0. The van der Waals surface area contributed by atoms with Gasteiger partial charge in [0.2, 0.25) is 0 Å². The van der Waals surface area contributed by atoms with Gasteiger partial charge in [-0.1, -0.05) is 0 Å². The molecule has 0 heterocycles. The molecule has 0 fully saturated rings. The second-order valence-corrected chi connectivity index (χ2v) is 0. The van der Waals surface area contributed by atoms with Gasteiger partial charge < -0.3 is 16.4 Å². The van der Waals surface area contributed by atoms with Gasteiger partial charge in [0.15, 0.2) is 0 Å². The molecule has 0 aromatic heterocycles. The smallest absolute Gasteiger partial charge is 2.00 e. The molecule has 0 saturated heterocycles. The van der Waals surface area contributed by atoms with Crippen LogP contribution in [-0.2, 0) is 59.2 Å². The molecule has 0 rings (SSSR count). The monoisotopic (exact) mass is 280 g/mol. The summed E-state index contributed by atoms with van der Waals surface area (Å²) in [5.41, 5.74) is 0. The van der Waals surface area contributed by atoms with Gasteiger partial charge in [0.25, 0.3) is 0 Å². The summed E-state index contributed by atoms with van der Waals surface area (Å²) in [6, 6.07) is 0. The summed E-state index contributed by atoms with van der Waals surface area (Å²) in [6.07, 6.45) is 0. The molecule has 0 aliphatic heterocycles. The van der Waals surface area contributed by atoms with E-state index in [2.05, 4.69) is 0 Å². The van der Waals surface area contributed by atoms with Gasteiger partial charge in [-0.25, -0.2) is 0 Å². The number of hydrogen-bond acceptors (Lipinski definition) is 0. The molecule has 5 heteroatoms. The summed E-state index contributed by atoms with van der Waals surface area (Å²) < 4.78 is 0. The van der Waals surface area contributed by atoms with Crippen molar-refractivity contribution in [1.29, 1.82) is 0 Å². The molecule has 0 bridgehead atoms. The van der Waals surface area contributed by atoms with Gasteiger partial charge in [0, 0.05) is 21.7 Å². The standard InChI is InChI=1S/3O.Ti.W/q3*-2;;+6. The van der Waals surface area contributed by atoms with Gasteiger partial charge >= 0.3 is 21.1 Å². The molecular formula is O3TiW. The van der Waals surface area contributed by atoms with Crippen molar-refractivity contribution in [2.24, 2.45) is 0 Å². The molecule has 0 aromatic carbocycles. The van der Waals surface area contributed by atoms with Gasteiger partial charge in [0.05, 0.1) is 0 Å². The third-order valence-corrected chi connectivity index (χ3v) is 0. The van der Waals surface area contributed by atoms with Gasteiger partial charge in [0.1, 0.15) is 0 Å². The fraction of sp³-hybridized carbons (Fsp3) is 0. The van der Waals surface area contributed by atoms with Crippen molar-refractivity contribution >= 4 is 0 Å². The van der Waals surface area contributed by atoms with Crippen molar-refractivity contribution in [3.05, 3.63) is 0 Å². The number of rotatable bonds is 0. The maximum Gasteiger partial charge on any atom is 6.00 e. The summed E-state index contributed by atoms with van der Waals surface area (Å²) >= 11 is 0. The van der Waals surface area contributed by atoms with E-state index in [1.54, 1.807) is 0 Å². The Morgan fingerprint density at radius 1 is 0.600 bits per heavy atom. The van der Waals surface area contributed by atoms with Crippen molar-refractivity contribution in [3.63, 3.8) is 0 Å². The Balaban J connectivity index is 0. The molecule has 5 heavy (non-hydrogen) atoms. The van der Waals surface area contributed by atoms with Crippen LogP contribution in [0.4, 0.5) is 0 Å². The van der Waals surface area contributed by atoms with Crippen LogP contribution in [0.3, 0.4) is 0 Å². The van der Waals surface area contributed by atoms with E-state index in [4.69, 9.17) is 0 Å². The fourth-order valence-electron chi connectivity index (χ4n) is 0. The molecule has 0 unspecified atom stereocenters. The predicted molar refractivity (Wildman–Crippen MR) is 2.06 cm³/mol. The van der Waals surface area contributed by atoms with Gasteiger partial charge in [-0.3, -0.25) is 0 Å². The summed E-state index contributed by atoms with van der Waals surface area (Å²) in [6.45, 7) is 0. The van der Waals surface area contributed by atoms with Crippen LogP contribution in [0.5, 0.6) is 0 Å². The Labute approximate surface area is 59.2 Å². The Morgan fingerprint density at radius 2 is 0.600 bits per heavy atom. The predicted octanol–water partition coefficient (Wildman–Crippen LogP) is -0.361. The summed E-state index contributed by atoms with van der Waals surface area (Å²) in [5.74, 6) is 0. The van der Waals surface area contributed by atoms with E-state index in [0.29, 0.717) is 0 Å². The van der Waals surface area contributed by atoms with E-state index in [9.17, 15) is 0 Å². The van der Waals surface area contributed by atoms with E-state index in [1.165, 1.54) is 0 Å². The van der Waals surface area contributed by atoms with Crippen LogP contribution < -0.4 is 0 Å². The third kappa shape index (κ3) is 34.6. The average molecular weight is 280 g/mol. The molecular weight excluding hydrogens is 280 g/mol. The van der Waals surface area contributed by atoms with Crippen LogP contribution in [0.15, 0.2) is 0 Å². The fourth-order valence-corrected chi connectivity index (χ4v) is 0. The molecule has 28 valence electrons. The summed E-state index contributed by atoms with van der Waals surface area (Å²) in [4.78, 5) is 0. The Kier molecular flexibility index (Phi) is 1260. The minimum Gasteiger partial charge on any atom is -2.00 e. The Morgan fingerprint density at radius 3 is 0.600 bits per heavy atom. The molecule has 0 atom stereocenters. The van der Waals surface area contributed by atoms with Crippen LogP contribution >= 0.6 is 0 Å². The van der Waals surface area contributed by atoms with Crippen LogP contribution in [0.25, 0.3) is 0 Å². The minimum atomic E-state index is 0. The molecule has 0 aliphatic rings. The second kappa shape index (κ2) is 58.9. The second-order valence-electron chi connectivity index (χ2n) is 0. The van der Waals surface area contributed by atoms with E-state index < -0.39 is 0 Å². The first-order valence-electron chi connectivity index (χ1n) is 0. The molecule has 0 N–H and O–H groups in total. The molecule has 0 aromatic rings. The van der Waals surface area contributed by atoms with Crippen molar-refractivity contribution in [2.45, 2.75) is 0 Å². The van der Waals surface area contributed by atoms with Crippen molar-refractivity contribution < 1.29 is 59.2 Å². The van der Waals surface area contributed by atoms with E-state index in [0.717, 1.165) is 0 Å². The van der Waals surface area contributed by atoms with Crippen LogP contribution in [-0.4, -0.2) is 0 Å². The van der Waals surface area contributed by atoms with Gasteiger partial charge in [-0.15, -0.1) is 0 Å². The molecule has 0 aliphatic carbocycles. The first-order valence-corrected chi connectivity index (χ1v) is 0. The normalized spacial score (nSPS) is 0. The number of hydrogen-bond donors (Lipinski definition) is 0. The maximum absolute atomic E-state index is 0. The quantitative estimate of drug-likeness (QED) is 0.542. The van der Waals surface area contributed by atoms with E-state index >= 15 is 0 Å². The van der Waals surface area contributed by atoms with Crippen molar-refractivity contribution in [2.75, 3.05) is 0 Å². The molecule has 0 radical (unpaired) electrons. The SMILES string of the molecule is [O-2].[O-2].[O-2].[Ti].[W+6]. The molecule has 0 saturated carbocycles. The van der Waals surface area contributed by atoms with Crippen molar-refractivity contribution in [1.82, 2.24) is 0 Å². The zero-order valence-corrected chi connectivity index (χ0v) is 6.63. The molecule has 0 spiro atoms. The topological polar surface area (TPSA) is 85.5 Å². The average Bonchev–Trinajstić information content (AvgIpc) is 0. The Bertz CT molecular complexity index is 6.85. The van der Waals surface area contributed by atoms with Crippen molar-refractivity contribution in [3.8, 4) is 0 Å². The van der Waals surface area contributed by atoms with Crippen LogP contribution in [0.2, 0.25) is 0 Å². The summed E-state index contributed by atoms with van der Waals surface area (Å²) in [7, 11) is 0. The zero-order chi connectivity index (χ0) is 0. The van der Waals surface area contributed by atoms with E-state index in [1.807, 2.05) is 0 Å². The maximum atomic E-state index is 0.